The monoisotopic (exact) mass is 379 g/mol. The molecule has 0 heterocycles. The fourth-order valence-corrected chi connectivity index (χ4v) is 3.34. The van der Waals surface area contributed by atoms with Crippen molar-refractivity contribution >= 4 is 35.4 Å². The molecule has 0 radical (unpaired) electrons. The molecule has 6 nitrogen and oxygen atoms in total. The molecule has 0 aliphatic carbocycles. The van der Waals surface area contributed by atoms with Gasteiger partial charge in [-0.15, -0.1) is 11.8 Å². The van der Waals surface area contributed by atoms with Crippen LogP contribution in [0.25, 0.3) is 0 Å². The Morgan fingerprint density at radius 2 is 1.96 bits per heavy atom. The van der Waals surface area contributed by atoms with E-state index in [-0.39, 0.29) is 11.3 Å². The topological polar surface area (TPSA) is 106 Å². The van der Waals surface area contributed by atoms with E-state index < -0.39 is 0 Å². The molecule has 0 bridgehead atoms. The minimum atomic E-state index is -0.0115. The average Bonchev–Trinajstić information content (AvgIpc) is 2.59. The van der Waals surface area contributed by atoms with Gasteiger partial charge in [0.05, 0.1) is 16.9 Å². The maximum atomic E-state index is 12.4. The maximum absolute atomic E-state index is 12.4. The van der Waals surface area contributed by atoms with E-state index in [0.717, 1.165) is 34.9 Å². The average molecular weight is 380 g/mol. The molecule has 6 N–H and O–H groups in total. The molecule has 0 aromatic heterocycles. The smallest absolute Gasteiger partial charge is 0.224 e. The van der Waals surface area contributed by atoms with E-state index in [4.69, 9.17) is 11.5 Å². The van der Waals surface area contributed by atoms with Crippen LogP contribution in [0.5, 0.6) is 0 Å². The summed E-state index contributed by atoms with van der Waals surface area (Å²) in [5.74, 6) is 0.813. The molecule has 0 atom stereocenters. The van der Waals surface area contributed by atoms with Crippen molar-refractivity contribution in [2.45, 2.75) is 50.3 Å². The second-order valence-electron chi connectivity index (χ2n) is 7.10. The van der Waals surface area contributed by atoms with Gasteiger partial charge in [-0.3, -0.25) is 9.79 Å². The molecular weight excluding hydrogens is 346 g/mol. The van der Waals surface area contributed by atoms with E-state index >= 15 is 0 Å². The molecule has 0 saturated heterocycles. The number of nitrogens with two attached hydrogens (primary N) is 2. The lowest BCUT2D eigenvalue weighted by Crippen LogP contribution is -2.16. The van der Waals surface area contributed by atoms with Crippen molar-refractivity contribution in [2.75, 3.05) is 36.5 Å². The summed E-state index contributed by atoms with van der Waals surface area (Å²) in [7, 11) is 1.90. The summed E-state index contributed by atoms with van der Waals surface area (Å²) >= 11 is 1.66. The number of amides is 1. The number of rotatable bonds is 10. The van der Waals surface area contributed by atoms with Crippen molar-refractivity contribution in [1.29, 1.82) is 0 Å². The van der Waals surface area contributed by atoms with Gasteiger partial charge in [0.25, 0.3) is 0 Å². The predicted molar refractivity (Wildman–Crippen MR) is 114 cm³/mol. The number of hydrogen-bond acceptors (Lipinski definition) is 5. The van der Waals surface area contributed by atoms with Crippen molar-refractivity contribution < 1.29 is 4.79 Å². The lowest BCUT2D eigenvalue weighted by atomic mass is 9.86. The highest BCUT2D eigenvalue weighted by atomic mass is 32.2. The standard InChI is InChI=1S/C19H33N5OS/c1-19(2,3)14-11-15(22-4)18(26-10-8-20)16(12-14)24-17(25)7-5-6-9-23-13-21/h11-13,22H,5-10,20H2,1-4H3,(H2,21,23)(H,24,25). The van der Waals surface area contributed by atoms with Crippen LogP contribution in [-0.2, 0) is 10.2 Å². The Balaban J connectivity index is 2.98. The number of benzene rings is 1. The summed E-state index contributed by atoms with van der Waals surface area (Å²) in [5.41, 5.74) is 13.9. The maximum Gasteiger partial charge on any atom is 0.224 e. The predicted octanol–water partition coefficient (Wildman–Crippen LogP) is 3.17. The van der Waals surface area contributed by atoms with Crippen molar-refractivity contribution in [2.24, 2.45) is 16.5 Å². The molecule has 0 aliphatic rings. The Morgan fingerprint density at radius 1 is 1.27 bits per heavy atom. The summed E-state index contributed by atoms with van der Waals surface area (Å²) in [5, 5.41) is 6.35. The third-order valence-electron chi connectivity index (χ3n) is 3.91. The van der Waals surface area contributed by atoms with Crippen LogP contribution >= 0.6 is 11.8 Å². The molecule has 0 saturated carbocycles. The summed E-state index contributed by atoms with van der Waals surface area (Å²) in [4.78, 5) is 17.4. The van der Waals surface area contributed by atoms with Gasteiger partial charge in [-0.1, -0.05) is 20.8 Å². The van der Waals surface area contributed by atoms with E-state index in [2.05, 4.69) is 48.5 Å². The Hall–Kier alpha value is -1.73. The zero-order valence-electron chi connectivity index (χ0n) is 16.4. The van der Waals surface area contributed by atoms with E-state index in [9.17, 15) is 4.79 Å². The van der Waals surface area contributed by atoms with Crippen LogP contribution in [0.3, 0.4) is 0 Å². The van der Waals surface area contributed by atoms with Gasteiger partial charge >= 0.3 is 0 Å². The summed E-state index contributed by atoms with van der Waals surface area (Å²) in [6.45, 7) is 7.74. The Bertz CT molecular complexity index is 611. The van der Waals surface area contributed by atoms with Gasteiger partial charge in [0.15, 0.2) is 0 Å². The molecule has 1 aromatic carbocycles. The van der Waals surface area contributed by atoms with Gasteiger partial charge in [-0.25, -0.2) is 0 Å². The molecule has 26 heavy (non-hydrogen) atoms. The zero-order valence-corrected chi connectivity index (χ0v) is 17.2. The first-order valence-electron chi connectivity index (χ1n) is 9.02. The molecular formula is C19H33N5OS. The van der Waals surface area contributed by atoms with E-state index in [1.165, 1.54) is 11.9 Å². The minimum absolute atomic E-state index is 0.0115. The van der Waals surface area contributed by atoms with Crippen molar-refractivity contribution in [3.63, 3.8) is 0 Å². The van der Waals surface area contributed by atoms with Gasteiger partial charge in [-0.2, -0.15) is 0 Å². The Kier molecular flexibility index (Phi) is 9.51. The second kappa shape index (κ2) is 11.1. The number of carbonyl (C=O) groups excluding carboxylic acids is 1. The molecule has 1 aromatic rings. The fourth-order valence-electron chi connectivity index (χ4n) is 2.43. The highest BCUT2D eigenvalue weighted by Gasteiger charge is 2.20. The number of anilines is 2. The molecule has 0 spiro atoms. The number of nitrogens with one attached hydrogen (secondary N) is 2. The highest BCUT2D eigenvalue weighted by Crippen LogP contribution is 2.39. The van der Waals surface area contributed by atoms with Gasteiger partial charge in [-0.05, 0) is 36.0 Å². The molecule has 0 fully saturated rings. The van der Waals surface area contributed by atoms with E-state index in [1.807, 2.05) is 7.05 Å². The molecule has 7 heteroatoms. The Morgan fingerprint density at radius 3 is 2.54 bits per heavy atom. The van der Waals surface area contributed by atoms with Crippen LogP contribution in [0.1, 0.15) is 45.6 Å². The quantitative estimate of drug-likeness (QED) is 0.216. The van der Waals surface area contributed by atoms with Crippen LogP contribution in [0.4, 0.5) is 11.4 Å². The van der Waals surface area contributed by atoms with Crippen LogP contribution in [-0.4, -0.2) is 38.1 Å². The van der Waals surface area contributed by atoms with Gasteiger partial charge in [0.1, 0.15) is 0 Å². The van der Waals surface area contributed by atoms with Gasteiger partial charge in [0.2, 0.25) is 5.91 Å². The van der Waals surface area contributed by atoms with Gasteiger partial charge < -0.3 is 22.1 Å². The third kappa shape index (κ3) is 7.25. The first-order chi connectivity index (χ1) is 12.3. The highest BCUT2D eigenvalue weighted by molar-refractivity contribution is 7.99. The van der Waals surface area contributed by atoms with Crippen LogP contribution in [0, 0.1) is 0 Å². The van der Waals surface area contributed by atoms with Crippen LogP contribution in [0.2, 0.25) is 0 Å². The Labute approximate surface area is 161 Å². The first kappa shape index (κ1) is 22.3. The van der Waals surface area contributed by atoms with Crippen molar-refractivity contribution in [1.82, 2.24) is 0 Å². The van der Waals surface area contributed by atoms with E-state index in [0.29, 0.717) is 19.5 Å². The lowest BCUT2D eigenvalue weighted by molar-refractivity contribution is -0.116. The van der Waals surface area contributed by atoms with Crippen LogP contribution < -0.4 is 22.1 Å². The summed E-state index contributed by atoms with van der Waals surface area (Å²) in [6.07, 6.45) is 3.40. The second-order valence-corrected chi connectivity index (χ2v) is 8.20. The zero-order chi connectivity index (χ0) is 19.6. The SMILES string of the molecule is CNc1cc(C(C)(C)C)cc(NC(=O)CCCCN=CN)c1SCCN. The summed E-state index contributed by atoms with van der Waals surface area (Å²) in [6, 6.07) is 4.23. The number of aliphatic imine (C=N–C) groups is 1. The number of thioether (sulfide) groups is 1. The molecule has 146 valence electrons. The molecule has 0 aliphatic heterocycles. The minimum Gasteiger partial charge on any atom is -0.390 e. The van der Waals surface area contributed by atoms with Crippen molar-refractivity contribution in [3.8, 4) is 0 Å². The van der Waals surface area contributed by atoms with Crippen LogP contribution in [0.15, 0.2) is 22.0 Å². The first-order valence-corrected chi connectivity index (χ1v) is 10.0. The largest absolute Gasteiger partial charge is 0.390 e. The van der Waals surface area contributed by atoms with Gasteiger partial charge in [0, 0.05) is 38.0 Å². The lowest BCUT2D eigenvalue weighted by Gasteiger charge is -2.24. The molecule has 1 rings (SSSR count). The third-order valence-corrected chi connectivity index (χ3v) is 5.08. The number of hydrogen-bond donors (Lipinski definition) is 4. The molecule has 1 amide bonds. The van der Waals surface area contributed by atoms with Crippen molar-refractivity contribution in [3.05, 3.63) is 17.7 Å². The number of carbonyl (C=O) groups is 1. The summed E-state index contributed by atoms with van der Waals surface area (Å²) < 4.78 is 0. The normalized spacial score (nSPS) is 11.7. The number of unbranched alkanes of at least 4 members (excludes halogenated alkanes) is 1. The van der Waals surface area contributed by atoms with E-state index in [1.54, 1.807) is 11.8 Å². The molecule has 0 unspecified atom stereocenters. The fraction of sp³-hybridized carbons (Fsp3) is 0.579. The number of nitrogens with zero attached hydrogens (tertiary/aromatic N) is 1.